The Kier molecular flexibility index (Phi) is 3.76. The van der Waals surface area contributed by atoms with Crippen LogP contribution in [0.5, 0.6) is 0 Å². The molecule has 0 radical (unpaired) electrons. The number of carboxylic acid groups (broad SMARTS) is 1. The summed E-state index contributed by atoms with van der Waals surface area (Å²) in [6.07, 6.45) is 1.63. The van der Waals surface area contributed by atoms with Crippen molar-refractivity contribution in [1.82, 2.24) is 19.7 Å². The van der Waals surface area contributed by atoms with Crippen LogP contribution in [0.3, 0.4) is 0 Å². The Hall–Kier alpha value is -1.96. The molecule has 0 saturated carbocycles. The largest absolute Gasteiger partial charge is 0.481 e. The fraction of sp³-hybridized carbons (Fsp3) is 0.500. The van der Waals surface area contributed by atoms with Crippen molar-refractivity contribution in [3.05, 3.63) is 23.2 Å². The lowest BCUT2D eigenvalue weighted by Gasteiger charge is -2.16. The van der Waals surface area contributed by atoms with E-state index < -0.39 is 11.4 Å². The summed E-state index contributed by atoms with van der Waals surface area (Å²) in [5.41, 5.74) is -0.451. The first-order chi connectivity index (χ1) is 9.32. The Labute approximate surface area is 120 Å². The number of hydrogen-bond donors (Lipinski definition) is 2. The highest BCUT2D eigenvalue weighted by atomic mass is 32.1. The van der Waals surface area contributed by atoms with Crippen LogP contribution in [-0.4, -0.2) is 30.8 Å². The van der Waals surface area contributed by atoms with Gasteiger partial charge in [-0.3, -0.25) is 4.79 Å². The normalized spacial score (nSPS) is 13.2. The van der Waals surface area contributed by atoms with E-state index in [1.54, 1.807) is 25.6 Å². The van der Waals surface area contributed by atoms with Gasteiger partial charge in [0.2, 0.25) is 0 Å². The van der Waals surface area contributed by atoms with Crippen LogP contribution in [-0.2, 0) is 17.3 Å². The highest BCUT2D eigenvalue weighted by molar-refractivity contribution is 7.13. The number of carbonyl (C=O) groups is 1. The average molecular weight is 295 g/mol. The van der Waals surface area contributed by atoms with E-state index in [-0.39, 0.29) is 6.04 Å². The quantitative estimate of drug-likeness (QED) is 0.874. The van der Waals surface area contributed by atoms with E-state index >= 15 is 0 Å². The molecule has 2 N–H and O–H groups in total. The number of nitrogens with one attached hydrogen (secondary N) is 1. The van der Waals surface area contributed by atoms with Gasteiger partial charge in [0.25, 0.3) is 0 Å². The van der Waals surface area contributed by atoms with Crippen LogP contribution in [0.4, 0.5) is 5.13 Å². The summed E-state index contributed by atoms with van der Waals surface area (Å²) in [7, 11) is 1.87. The second-order valence-corrected chi connectivity index (χ2v) is 5.99. The first kappa shape index (κ1) is 14.4. The summed E-state index contributed by atoms with van der Waals surface area (Å²) < 4.78 is 1.83. The molecule has 2 aromatic heterocycles. The van der Waals surface area contributed by atoms with E-state index in [9.17, 15) is 9.90 Å². The van der Waals surface area contributed by atoms with Gasteiger partial charge in [0, 0.05) is 12.4 Å². The molecule has 0 amide bonds. The predicted octanol–water partition coefficient (Wildman–Crippen LogP) is 1.81. The molecule has 2 rings (SSSR count). The van der Waals surface area contributed by atoms with Crippen molar-refractivity contribution in [1.29, 1.82) is 0 Å². The number of aromatic nitrogens is 4. The van der Waals surface area contributed by atoms with Gasteiger partial charge in [-0.25, -0.2) is 4.98 Å². The Morgan fingerprint density at radius 2 is 2.25 bits per heavy atom. The molecule has 0 aliphatic carbocycles. The molecule has 0 aromatic carbocycles. The van der Waals surface area contributed by atoms with Gasteiger partial charge in [0.05, 0.1) is 11.7 Å². The fourth-order valence-corrected chi connectivity index (χ4v) is 2.64. The van der Waals surface area contributed by atoms with Gasteiger partial charge in [-0.15, -0.1) is 21.5 Å². The third-order valence-corrected chi connectivity index (χ3v) is 3.93. The molecular weight excluding hydrogens is 278 g/mol. The van der Waals surface area contributed by atoms with Gasteiger partial charge in [-0.2, -0.15) is 0 Å². The molecule has 1 atom stereocenters. The lowest BCUT2D eigenvalue weighted by Crippen LogP contribution is -2.28. The highest BCUT2D eigenvalue weighted by Crippen LogP contribution is 2.28. The summed E-state index contributed by atoms with van der Waals surface area (Å²) >= 11 is 1.38. The van der Waals surface area contributed by atoms with Gasteiger partial charge in [-0.05, 0) is 20.8 Å². The van der Waals surface area contributed by atoms with Crippen molar-refractivity contribution in [2.75, 3.05) is 5.32 Å². The molecule has 20 heavy (non-hydrogen) atoms. The monoisotopic (exact) mass is 295 g/mol. The SMILES string of the molecule is CC(Nc1nc(C(C)(C)C(=O)O)cs1)c1nncn1C. The topological polar surface area (TPSA) is 92.9 Å². The zero-order valence-corrected chi connectivity index (χ0v) is 12.6. The minimum absolute atomic E-state index is 0.0607. The molecule has 7 nitrogen and oxygen atoms in total. The van der Waals surface area contributed by atoms with Crippen molar-refractivity contribution < 1.29 is 9.90 Å². The van der Waals surface area contributed by atoms with Crippen molar-refractivity contribution in [3.8, 4) is 0 Å². The van der Waals surface area contributed by atoms with Crippen LogP contribution in [0.15, 0.2) is 11.7 Å². The molecule has 0 bridgehead atoms. The molecule has 8 heteroatoms. The smallest absolute Gasteiger partial charge is 0.315 e. The molecule has 0 aliphatic rings. The number of nitrogens with zero attached hydrogens (tertiary/aromatic N) is 4. The van der Waals surface area contributed by atoms with Crippen LogP contribution >= 0.6 is 11.3 Å². The van der Waals surface area contributed by atoms with E-state index in [0.717, 1.165) is 5.82 Å². The van der Waals surface area contributed by atoms with E-state index in [2.05, 4.69) is 20.5 Å². The van der Waals surface area contributed by atoms with Crippen LogP contribution in [0.25, 0.3) is 0 Å². The number of aryl methyl sites for hydroxylation is 1. The molecule has 108 valence electrons. The molecular formula is C12H17N5O2S. The maximum atomic E-state index is 11.2. The number of hydrogen-bond acceptors (Lipinski definition) is 6. The summed E-state index contributed by atoms with van der Waals surface area (Å²) in [4.78, 5) is 15.6. The lowest BCUT2D eigenvalue weighted by molar-refractivity contribution is -0.142. The third-order valence-electron chi connectivity index (χ3n) is 3.15. The molecule has 0 aliphatic heterocycles. The molecule has 0 spiro atoms. The van der Waals surface area contributed by atoms with Crippen LogP contribution < -0.4 is 5.32 Å². The first-order valence-corrected chi connectivity index (χ1v) is 7.00. The zero-order valence-electron chi connectivity index (χ0n) is 11.8. The standard InChI is InChI=1S/C12H17N5O2S/c1-7(9-16-13-6-17(9)4)14-11-15-8(5-20-11)12(2,3)10(18)19/h5-7H,1-4H3,(H,14,15)(H,18,19). The summed E-state index contributed by atoms with van der Waals surface area (Å²) in [5, 5.41) is 22.7. The van der Waals surface area contributed by atoms with Gasteiger partial charge >= 0.3 is 5.97 Å². The second-order valence-electron chi connectivity index (χ2n) is 5.13. The lowest BCUT2D eigenvalue weighted by atomic mass is 9.90. The van der Waals surface area contributed by atoms with Gasteiger partial charge in [-0.1, -0.05) is 0 Å². The van der Waals surface area contributed by atoms with Gasteiger partial charge < -0.3 is 15.0 Å². The number of anilines is 1. The van der Waals surface area contributed by atoms with E-state index in [1.165, 1.54) is 11.3 Å². The van der Waals surface area contributed by atoms with Crippen molar-refractivity contribution >= 4 is 22.4 Å². The molecule has 0 fully saturated rings. The highest BCUT2D eigenvalue weighted by Gasteiger charge is 2.32. The van der Waals surface area contributed by atoms with E-state index in [0.29, 0.717) is 10.8 Å². The maximum Gasteiger partial charge on any atom is 0.315 e. The number of carboxylic acids is 1. The Morgan fingerprint density at radius 1 is 1.55 bits per heavy atom. The van der Waals surface area contributed by atoms with E-state index in [4.69, 9.17) is 0 Å². The Morgan fingerprint density at radius 3 is 2.80 bits per heavy atom. The van der Waals surface area contributed by atoms with Crippen molar-refractivity contribution in [2.45, 2.75) is 32.2 Å². The maximum absolute atomic E-state index is 11.2. The average Bonchev–Trinajstić information content (AvgIpc) is 2.97. The van der Waals surface area contributed by atoms with Crippen LogP contribution in [0.1, 0.15) is 38.3 Å². The molecule has 2 heterocycles. The van der Waals surface area contributed by atoms with Crippen molar-refractivity contribution in [3.63, 3.8) is 0 Å². The summed E-state index contributed by atoms with van der Waals surface area (Å²) in [5.74, 6) is -0.102. The van der Waals surface area contributed by atoms with Gasteiger partial charge in [0.1, 0.15) is 11.7 Å². The minimum Gasteiger partial charge on any atom is -0.481 e. The number of aliphatic carboxylic acids is 1. The first-order valence-electron chi connectivity index (χ1n) is 6.12. The van der Waals surface area contributed by atoms with Gasteiger partial charge in [0.15, 0.2) is 11.0 Å². The Balaban J connectivity index is 2.15. The molecule has 2 aromatic rings. The summed E-state index contributed by atoms with van der Waals surface area (Å²) in [6.45, 7) is 5.23. The zero-order chi connectivity index (χ0) is 14.9. The van der Waals surface area contributed by atoms with E-state index in [1.807, 2.05) is 18.5 Å². The molecule has 0 saturated heterocycles. The number of thiazole rings is 1. The predicted molar refractivity (Wildman–Crippen MR) is 75.8 cm³/mol. The number of rotatable bonds is 5. The van der Waals surface area contributed by atoms with Crippen molar-refractivity contribution in [2.24, 2.45) is 7.05 Å². The minimum atomic E-state index is -0.996. The fourth-order valence-electron chi connectivity index (χ4n) is 1.67. The second kappa shape index (κ2) is 5.20. The Bertz CT molecular complexity index is 619. The molecule has 1 unspecified atom stereocenters. The van der Waals surface area contributed by atoms with Crippen LogP contribution in [0.2, 0.25) is 0 Å². The summed E-state index contributed by atoms with van der Waals surface area (Å²) in [6, 6.07) is -0.0607. The van der Waals surface area contributed by atoms with Crippen LogP contribution in [0, 0.1) is 0 Å². The third kappa shape index (κ3) is 2.64.